The molecule has 1 aromatic carbocycles. The number of ether oxygens (including phenoxy) is 1. The molecule has 0 radical (unpaired) electrons. The Morgan fingerprint density at radius 1 is 1.03 bits per heavy atom. The van der Waals surface area contributed by atoms with E-state index in [9.17, 15) is 14.4 Å². The quantitative estimate of drug-likeness (QED) is 0.441. The summed E-state index contributed by atoms with van der Waals surface area (Å²) in [6, 6.07) is 11.6. The number of esters is 1. The molecule has 0 fully saturated rings. The Labute approximate surface area is 180 Å². The van der Waals surface area contributed by atoms with E-state index in [4.69, 9.17) is 4.74 Å². The van der Waals surface area contributed by atoms with E-state index in [1.165, 1.54) is 6.20 Å². The smallest absolute Gasteiger partial charge is 0.340 e. The van der Waals surface area contributed by atoms with Gasteiger partial charge in [-0.3, -0.25) is 9.59 Å². The van der Waals surface area contributed by atoms with Crippen LogP contribution in [0.25, 0.3) is 5.82 Å². The molecule has 0 aliphatic rings. The average Bonchev–Trinajstić information content (AvgIpc) is 3.10. The van der Waals surface area contributed by atoms with Crippen LogP contribution in [0.5, 0.6) is 0 Å². The minimum atomic E-state index is -0.635. The van der Waals surface area contributed by atoms with Crippen LogP contribution in [-0.2, 0) is 9.53 Å². The first-order valence-corrected chi connectivity index (χ1v) is 9.97. The summed E-state index contributed by atoms with van der Waals surface area (Å²) in [5, 5.41) is 7.10. The van der Waals surface area contributed by atoms with Gasteiger partial charge in [0.15, 0.2) is 18.2 Å². The van der Waals surface area contributed by atoms with Gasteiger partial charge in [-0.05, 0) is 62.7 Å². The third-order valence-corrected chi connectivity index (χ3v) is 4.51. The number of nitrogens with one attached hydrogen (secondary N) is 1. The molecule has 0 aliphatic carbocycles. The maximum Gasteiger partial charge on any atom is 0.340 e. The number of anilines is 1. The standard InChI is InChI=1S/C23H24N4O4/c1-4-5-22(29)25-19-9-6-17(7-10-19)20(28)14-31-23(30)18-8-11-21(24-13-18)27-16(3)12-15(2)26-27/h6-13H,4-5,14H2,1-3H3,(H,25,29). The zero-order chi connectivity index (χ0) is 22.4. The van der Waals surface area contributed by atoms with Crippen molar-refractivity contribution in [2.24, 2.45) is 0 Å². The Bertz CT molecular complexity index is 1090. The molecule has 0 atom stereocenters. The van der Waals surface area contributed by atoms with E-state index in [1.54, 1.807) is 41.1 Å². The fourth-order valence-electron chi connectivity index (χ4n) is 2.98. The molecular formula is C23H24N4O4. The molecule has 0 spiro atoms. The van der Waals surface area contributed by atoms with Crippen LogP contribution in [0.2, 0.25) is 0 Å². The van der Waals surface area contributed by atoms with Gasteiger partial charge in [-0.1, -0.05) is 6.92 Å². The van der Waals surface area contributed by atoms with Gasteiger partial charge in [-0.15, -0.1) is 0 Å². The van der Waals surface area contributed by atoms with E-state index in [0.717, 1.165) is 17.8 Å². The highest BCUT2D eigenvalue weighted by atomic mass is 16.5. The summed E-state index contributed by atoms with van der Waals surface area (Å²) in [5.41, 5.74) is 3.05. The molecule has 31 heavy (non-hydrogen) atoms. The predicted molar refractivity (Wildman–Crippen MR) is 115 cm³/mol. The van der Waals surface area contributed by atoms with Crippen LogP contribution in [0.4, 0.5) is 5.69 Å². The lowest BCUT2D eigenvalue weighted by Crippen LogP contribution is -2.15. The lowest BCUT2D eigenvalue weighted by molar-refractivity contribution is -0.116. The number of aromatic nitrogens is 3. The number of hydrogen-bond donors (Lipinski definition) is 1. The number of benzene rings is 1. The number of pyridine rings is 1. The third-order valence-electron chi connectivity index (χ3n) is 4.51. The highest BCUT2D eigenvalue weighted by molar-refractivity contribution is 6.00. The van der Waals surface area contributed by atoms with Crippen LogP contribution in [0.15, 0.2) is 48.7 Å². The van der Waals surface area contributed by atoms with Gasteiger partial charge in [0.05, 0.1) is 11.3 Å². The number of hydrogen-bond acceptors (Lipinski definition) is 6. The molecule has 3 rings (SSSR count). The van der Waals surface area contributed by atoms with Gasteiger partial charge in [0.25, 0.3) is 0 Å². The predicted octanol–water partition coefficient (Wildman–Crippen LogP) is 3.66. The van der Waals surface area contributed by atoms with Gasteiger partial charge in [-0.2, -0.15) is 5.10 Å². The Morgan fingerprint density at radius 2 is 1.74 bits per heavy atom. The van der Waals surface area contributed by atoms with Gasteiger partial charge >= 0.3 is 5.97 Å². The molecule has 0 bridgehead atoms. The SMILES string of the molecule is CCCC(=O)Nc1ccc(C(=O)COC(=O)c2ccc(-n3nc(C)cc3C)nc2)cc1. The Hall–Kier alpha value is -3.81. The summed E-state index contributed by atoms with van der Waals surface area (Å²) in [4.78, 5) is 40.4. The molecular weight excluding hydrogens is 396 g/mol. The average molecular weight is 420 g/mol. The lowest BCUT2D eigenvalue weighted by atomic mass is 10.1. The topological polar surface area (TPSA) is 103 Å². The number of ketones is 1. The molecule has 2 aromatic heterocycles. The molecule has 3 aromatic rings. The molecule has 0 aliphatic heterocycles. The van der Waals surface area contributed by atoms with Crippen molar-refractivity contribution in [3.05, 3.63) is 71.2 Å². The first-order chi connectivity index (χ1) is 14.9. The van der Waals surface area contributed by atoms with E-state index in [2.05, 4.69) is 15.4 Å². The molecule has 1 amide bonds. The van der Waals surface area contributed by atoms with Gasteiger partial charge < -0.3 is 10.1 Å². The molecule has 1 N–H and O–H groups in total. The molecule has 160 valence electrons. The van der Waals surface area contributed by atoms with Crippen molar-refractivity contribution in [3.8, 4) is 5.82 Å². The fourth-order valence-corrected chi connectivity index (χ4v) is 2.98. The second-order valence-electron chi connectivity index (χ2n) is 7.12. The largest absolute Gasteiger partial charge is 0.454 e. The summed E-state index contributed by atoms with van der Waals surface area (Å²) in [6.07, 6.45) is 2.59. The number of rotatable bonds is 8. The van der Waals surface area contributed by atoms with Crippen molar-refractivity contribution >= 4 is 23.3 Å². The zero-order valence-corrected chi connectivity index (χ0v) is 17.7. The van der Waals surface area contributed by atoms with Crippen molar-refractivity contribution in [2.45, 2.75) is 33.6 Å². The fraction of sp³-hybridized carbons (Fsp3) is 0.261. The number of Topliss-reactive ketones (excluding diaryl/α,β-unsaturated/α-hetero) is 1. The number of carbonyl (C=O) groups excluding carboxylic acids is 3. The maximum atomic E-state index is 12.3. The summed E-state index contributed by atoms with van der Waals surface area (Å²) < 4.78 is 6.81. The normalized spacial score (nSPS) is 10.5. The van der Waals surface area contributed by atoms with Crippen LogP contribution in [0, 0.1) is 13.8 Å². The third kappa shape index (κ3) is 5.63. The molecule has 2 heterocycles. The van der Waals surface area contributed by atoms with Crippen molar-refractivity contribution in [3.63, 3.8) is 0 Å². The molecule has 8 heteroatoms. The monoisotopic (exact) mass is 420 g/mol. The number of carbonyl (C=O) groups is 3. The van der Waals surface area contributed by atoms with Crippen molar-refractivity contribution in [1.29, 1.82) is 0 Å². The van der Waals surface area contributed by atoms with E-state index in [0.29, 0.717) is 23.5 Å². The highest BCUT2D eigenvalue weighted by Gasteiger charge is 2.13. The minimum Gasteiger partial charge on any atom is -0.454 e. The van der Waals surface area contributed by atoms with Crippen LogP contribution >= 0.6 is 0 Å². The second-order valence-corrected chi connectivity index (χ2v) is 7.12. The van der Waals surface area contributed by atoms with Gasteiger partial charge in [0.2, 0.25) is 5.91 Å². The number of amides is 1. The van der Waals surface area contributed by atoms with E-state index >= 15 is 0 Å². The summed E-state index contributed by atoms with van der Waals surface area (Å²) in [7, 11) is 0. The second kappa shape index (κ2) is 9.80. The van der Waals surface area contributed by atoms with Crippen LogP contribution in [0.3, 0.4) is 0 Å². The minimum absolute atomic E-state index is 0.0759. The molecule has 0 unspecified atom stereocenters. The van der Waals surface area contributed by atoms with Gasteiger partial charge in [-0.25, -0.2) is 14.5 Å². The Kier molecular flexibility index (Phi) is 6.92. The molecule has 0 saturated carbocycles. The Balaban J connectivity index is 1.56. The first kappa shape index (κ1) is 21.9. The van der Waals surface area contributed by atoms with Crippen molar-refractivity contribution in [2.75, 3.05) is 11.9 Å². The summed E-state index contributed by atoms with van der Waals surface area (Å²) in [5.74, 6) is -0.464. The van der Waals surface area contributed by atoms with Crippen LogP contribution in [0.1, 0.15) is 51.9 Å². The molecule has 0 saturated heterocycles. The zero-order valence-electron chi connectivity index (χ0n) is 17.7. The van der Waals surface area contributed by atoms with E-state index in [1.807, 2.05) is 26.8 Å². The summed E-state index contributed by atoms with van der Waals surface area (Å²) >= 11 is 0. The first-order valence-electron chi connectivity index (χ1n) is 9.97. The molecule has 8 nitrogen and oxygen atoms in total. The Morgan fingerprint density at radius 3 is 2.32 bits per heavy atom. The van der Waals surface area contributed by atoms with Crippen molar-refractivity contribution in [1.82, 2.24) is 14.8 Å². The maximum absolute atomic E-state index is 12.3. The highest BCUT2D eigenvalue weighted by Crippen LogP contribution is 2.13. The van der Waals surface area contributed by atoms with Crippen molar-refractivity contribution < 1.29 is 19.1 Å². The van der Waals surface area contributed by atoms with Gasteiger partial charge in [0.1, 0.15) is 0 Å². The lowest BCUT2D eigenvalue weighted by Gasteiger charge is -2.07. The van der Waals surface area contributed by atoms with Crippen LogP contribution < -0.4 is 5.32 Å². The van der Waals surface area contributed by atoms with E-state index in [-0.39, 0.29) is 23.9 Å². The van der Waals surface area contributed by atoms with Crippen LogP contribution in [-0.4, -0.2) is 39.0 Å². The number of nitrogens with zero attached hydrogens (tertiary/aromatic N) is 3. The summed E-state index contributed by atoms with van der Waals surface area (Å²) in [6.45, 7) is 5.34. The van der Waals surface area contributed by atoms with Gasteiger partial charge in [0, 0.05) is 29.6 Å². The van der Waals surface area contributed by atoms with E-state index < -0.39 is 5.97 Å². The number of aryl methyl sites for hydroxylation is 2.